The van der Waals surface area contributed by atoms with Gasteiger partial charge in [-0.2, -0.15) is 0 Å². The summed E-state index contributed by atoms with van der Waals surface area (Å²) in [5, 5.41) is 5.48. The van der Waals surface area contributed by atoms with E-state index >= 15 is 0 Å². The number of anilines is 1. The normalized spacial score (nSPS) is 17.6. The topological polar surface area (TPSA) is 134 Å². The number of nitrogens with zero attached hydrogens (tertiary/aromatic N) is 2. The van der Waals surface area contributed by atoms with E-state index in [0.29, 0.717) is 29.5 Å². The van der Waals surface area contributed by atoms with Crippen molar-refractivity contribution in [2.75, 3.05) is 11.4 Å². The molecular formula is C31H34FN5O4. The van der Waals surface area contributed by atoms with Gasteiger partial charge in [-0.25, -0.2) is 4.39 Å². The SMILES string of the molecule is CC(C)C[C@H](NC(=O)c1cccnc1)C(=O)NC(C=O)C[C@](N)(c1ccccc1)C1CN(c2ccc(F)cc2)C1=O. The van der Waals surface area contributed by atoms with E-state index in [1.54, 1.807) is 42.6 Å². The summed E-state index contributed by atoms with van der Waals surface area (Å²) in [6.45, 7) is 4.10. The number of carbonyl (C=O) groups is 4. The van der Waals surface area contributed by atoms with Gasteiger partial charge in [0.2, 0.25) is 11.8 Å². The van der Waals surface area contributed by atoms with E-state index in [4.69, 9.17) is 5.73 Å². The molecule has 2 aromatic carbocycles. The number of hydrogen-bond acceptors (Lipinski definition) is 6. The summed E-state index contributed by atoms with van der Waals surface area (Å²) < 4.78 is 13.4. The average molecular weight is 560 g/mol. The highest BCUT2D eigenvalue weighted by atomic mass is 19.1. The number of nitrogens with one attached hydrogen (secondary N) is 2. The van der Waals surface area contributed by atoms with Gasteiger partial charge in [-0.1, -0.05) is 44.2 Å². The second kappa shape index (κ2) is 12.8. The molecule has 41 heavy (non-hydrogen) atoms. The first-order valence-electron chi connectivity index (χ1n) is 13.5. The van der Waals surface area contributed by atoms with E-state index in [1.165, 1.54) is 35.4 Å². The highest BCUT2D eigenvalue weighted by Gasteiger charge is 2.51. The van der Waals surface area contributed by atoms with Gasteiger partial charge >= 0.3 is 0 Å². The van der Waals surface area contributed by atoms with Crippen LogP contribution in [0.5, 0.6) is 0 Å². The predicted octanol–water partition coefficient (Wildman–Crippen LogP) is 2.96. The van der Waals surface area contributed by atoms with Crippen molar-refractivity contribution in [2.24, 2.45) is 17.6 Å². The lowest BCUT2D eigenvalue weighted by atomic mass is 9.70. The fourth-order valence-corrected chi connectivity index (χ4v) is 5.09. The lowest BCUT2D eigenvalue weighted by molar-refractivity contribution is -0.131. The first kappa shape index (κ1) is 29.5. The Kier molecular flexibility index (Phi) is 9.24. The first-order chi connectivity index (χ1) is 19.6. The second-order valence-corrected chi connectivity index (χ2v) is 10.7. The Labute approximate surface area is 238 Å². The van der Waals surface area contributed by atoms with Gasteiger partial charge in [0.1, 0.15) is 18.1 Å². The van der Waals surface area contributed by atoms with Gasteiger partial charge in [0, 0.05) is 24.6 Å². The van der Waals surface area contributed by atoms with E-state index in [9.17, 15) is 23.6 Å². The van der Waals surface area contributed by atoms with E-state index < -0.39 is 41.2 Å². The number of benzene rings is 2. The number of β-lactam (4-membered cyclic amide) rings is 1. The summed E-state index contributed by atoms with van der Waals surface area (Å²) in [7, 11) is 0. The summed E-state index contributed by atoms with van der Waals surface area (Å²) in [5.41, 5.74) is 7.15. The van der Waals surface area contributed by atoms with Crippen LogP contribution in [0.2, 0.25) is 0 Å². The van der Waals surface area contributed by atoms with Crippen LogP contribution in [-0.2, 0) is 19.9 Å². The van der Waals surface area contributed by atoms with Crippen molar-refractivity contribution in [3.8, 4) is 0 Å². The molecule has 0 saturated carbocycles. The Morgan fingerprint density at radius 2 is 1.80 bits per heavy atom. The third kappa shape index (κ3) is 6.83. The van der Waals surface area contributed by atoms with Crippen molar-refractivity contribution in [2.45, 2.75) is 44.3 Å². The van der Waals surface area contributed by atoms with E-state index in [0.717, 1.165) is 0 Å². The zero-order valence-corrected chi connectivity index (χ0v) is 23.0. The number of aldehydes is 1. The van der Waals surface area contributed by atoms with Crippen LogP contribution in [0, 0.1) is 17.7 Å². The minimum Gasteiger partial charge on any atom is -0.345 e. The number of carbonyl (C=O) groups excluding carboxylic acids is 4. The molecule has 9 nitrogen and oxygen atoms in total. The maximum Gasteiger partial charge on any atom is 0.253 e. The third-order valence-electron chi connectivity index (χ3n) is 7.30. The van der Waals surface area contributed by atoms with Crippen molar-refractivity contribution < 1.29 is 23.6 Å². The van der Waals surface area contributed by atoms with Crippen LogP contribution in [0.1, 0.15) is 42.6 Å². The number of hydrogen-bond donors (Lipinski definition) is 3. The lowest BCUT2D eigenvalue weighted by Crippen LogP contribution is -2.65. The quantitative estimate of drug-likeness (QED) is 0.231. The Bertz CT molecular complexity index is 1370. The maximum atomic E-state index is 13.4. The number of pyridine rings is 1. The van der Waals surface area contributed by atoms with Gasteiger partial charge in [0.05, 0.1) is 23.1 Å². The molecule has 1 fully saturated rings. The number of rotatable bonds is 12. The molecule has 10 heteroatoms. The molecule has 1 aliphatic rings. The molecule has 214 valence electrons. The van der Waals surface area contributed by atoms with E-state index in [-0.39, 0.29) is 24.8 Å². The zero-order valence-electron chi connectivity index (χ0n) is 23.0. The van der Waals surface area contributed by atoms with Crippen LogP contribution in [0.4, 0.5) is 10.1 Å². The Hall–Kier alpha value is -4.44. The van der Waals surface area contributed by atoms with Gasteiger partial charge in [-0.15, -0.1) is 0 Å². The summed E-state index contributed by atoms with van der Waals surface area (Å²) in [5.74, 6) is -2.28. The summed E-state index contributed by atoms with van der Waals surface area (Å²) in [6.07, 6.45) is 3.83. The van der Waals surface area contributed by atoms with Gasteiger partial charge in [0.15, 0.2) is 0 Å². The summed E-state index contributed by atoms with van der Waals surface area (Å²) in [6, 6.07) is 15.8. The highest BCUT2D eigenvalue weighted by molar-refractivity contribution is 6.02. The smallest absolute Gasteiger partial charge is 0.253 e. The molecule has 4 atom stereocenters. The molecule has 3 aromatic rings. The lowest BCUT2D eigenvalue weighted by Gasteiger charge is -2.48. The van der Waals surface area contributed by atoms with Crippen molar-refractivity contribution in [1.29, 1.82) is 0 Å². The highest BCUT2D eigenvalue weighted by Crippen LogP contribution is 2.40. The first-order valence-corrected chi connectivity index (χ1v) is 13.5. The largest absolute Gasteiger partial charge is 0.345 e. The zero-order chi connectivity index (χ0) is 29.6. The Balaban J connectivity index is 1.53. The van der Waals surface area contributed by atoms with Gasteiger partial charge in [0.25, 0.3) is 5.91 Å². The standard InChI is InChI=1S/C31H34FN5O4/c1-20(2)15-27(36-28(39)21-7-6-14-34-17-21)29(40)35-24(19-38)16-31(33,22-8-4-3-5-9-22)26-18-37(30(26)41)25-12-10-23(32)11-13-25/h3-14,17,19-20,24,26-27H,15-16,18,33H2,1-2H3,(H,35,40)(H,36,39)/t24?,26?,27-,31-/m0/s1. The number of nitrogens with two attached hydrogens (primary N) is 1. The molecule has 4 rings (SSSR count). The number of halogens is 1. The van der Waals surface area contributed by atoms with Crippen molar-refractivity contribution >= 4 is 29.7 Å². The summed E-state index contributed by atoms with van der Waals surface area (Å²) in [4.78, 5) is 57.2. The fraction of sp³-hybridized carbons (Fsp3) is 0.323. The molecule has 2 unspecified atom stereocenters. The van der Waals surface area contributed by atoms with Crippen LogP contribution < -0.4 is 21.3 Å². The maximum absolute atomic E-state index is 13.4. The molecule has 0 radical (unpaired) electrons. The second-order valence-electron chi connectivity index (χ2n) is 10.7. The van der Waals surface area contributed by atoms with Crippen molar-refractivity contribution in [1.82, 2.24) is 15.6 Å². The van der Waals surface area contributed by atoms with Crippen LogP contribution in [0.15, 0.2) is 79.1 Å². The summed E-state index contributed by atoms with van der Waals surface area (Å²) >= 11 is 0. The average Bonchev–Trinajstić information content (AvgIpc) is 2.97. The Morgan fingerprint density at radius 3 is 2.39 bits per heavy atom. The Morgan fingerprint density at radius 1 is 1.10 bits per heavy atom. The van der Waals surface area contributed by atoms with Crippen LogP contribution in [0.25, 0.3) is 0 Å². The molecule has 0 bridgehead atoms. The molecule has 0 spiro atoms. The fourth-order valence-electron chi connectivity index (χ4n) is 5.09. The predicted molar refractivity (Wildman–Crippen MR) is 152 cm³/mol. The van der Waals surface area contributed by atoms with Gasteiger partial charge < -0.3 is 26.1 Å². The van der Waals surface area contributed by atoms with Gasteiger partial charge in [-0.05, 0) is 60.7 Å². The molecule has 1 aliphatic heterocycles. The molecule has 0 aliphatic carbocycles. The molecule has 1 saturated heterocycles. The van der Waals surface area contributed by atoms with Gasteiger partial charge in [-0.3, -0.25) is 19.4 Å². The van der Waals surface area contributed by atoms with Crippen LogP contribution >= 0.6 is 0 Å². The van der Waals surface area contributed by atoms with Crippen LogP contribution in [-0.4, -0.2) is 47.6 Å². The number of amides is 3. The number of aromatic nitrogens is 1. The van der Waals surface area contributed by atoms with Crippen molar-refractivity contribution in [3.63, 3.8) is 0 Å². The van der Waals surface area contributed by atoms with Crippen molar-refractivity contribution in [3.05, 3.63) is 96.1 Å². The molecule has 3 amide bonds. The van der Waals surface area contributed by atoms with E-state index in [2.05, 4.69) is 15.6 Å². The molecule has 1 aromatic heterocycles. The monoisotopic (exact) mass is 559 g/mol. The minimum atomic E-state index is -1.29. The molecular weight excluding hydrogens is 525 g/mol. The minimum absolute atomic E-state index is 0.0507. The third-order valence-corrected chi connectivity index (χ3v) is 7.30. The molecule has 2 heterocycles. The van der Waals surface area contributed by atoms with E-state index in [1.807, 2.05) is 19.9 Å². The molecule has 4 N–H and O–H groups in total. The van der Waals surface area contributed by atoms with Crippen LogP contribution in [0.3, 0.4) is 0 Å².